The van der Waals surface area contributed by atoms with Gasteiger partial charge in [0.05, 0.1) is 6.10 Å². The van der Waals surface area contributed by atoms with Crippen LogP contribution in [0, 0.1) is 0 Å². The van der Waals surface area contributed by atoms with Crippen LogP contribution in [0.1, 0.15) is 59.8 Å². The van der Waals surface area contributed by atoms with Crippen molar-refractivity contribution in [3.8, 4) is 0 Å². The quantitative estimate of drug-likeness (QED) is 0.610. The molecule has 3 heteroatoms. The summed E-state index contributed by atoms with van der Waals surface area (Å²) in [6.45, 7) is 10.8. The molecule has 1 heterocycles. The van der Waals surface area contributed by atoms with E-state index in [2.05, 4.69) is 25.7 Å². The second-order valence-electron chi connectivity index (χ2n) is 5.14. The van der Waals surface area contributed by atoms with Crippen LogP contribution in [0.4, 0.5) is 0 Å². The highest BCUT2D eigenvalue weighted by atomic mass is 16.7. The van der Waals surface area contributed by atoms with E-state index in [-0.39, 0.29) is 12.5 Å². The summed E-state index contributed by atoms with van der Waals surface area (Å²) in [6.07, 6.45) is 6.58. The Morgan fingerprint density at radius 2 is 1.71 bits per heavy atom. The number of nitrogens with zero attached hydrogens (tertiary/aromatic N) is 1. The minimum Gasteiger partial charge on any atom is -0.350 e. The average Bonchev–Trinajstić information content (AvgIpc) is 2.79. The van der Waals surface area contributed by atoms with Gasteiger partial charge in [-0.05, 0) is 40.0 Å². The molecule has 3 unspecified atom stereocenters. The molecule has 0 aromatic heterocycles. The lowest BCUT2D eigenvalue weighted by Crippen LogP contribution is -2.36. The van der Waals surface area contributed by atoms with Gasteiger partial charge in [-0.15, -0.1) is 0 Å². The second-order valence-corrected chi connectivity index (χ2v) is 5.14. The van der Waals surface area contributed by atoms with Crippen molar-refractivity contribution in [3.05, 3.63) is 0 Å². The molecule has 1 aliphatic rings. The highest BCUT2D eigenvalue weighted by molar-refractivity contribution is 4.67. The third-order valence-electron chi connectivity index (χ3n) is 3.43. The monoisotopic (exact) mass is 243 g/mol. The Morgan fingerprint density at radius 1 is 1.06 bits per heavy atom. The van der Waals surface area contributed by atoms with E-state index >= 15 is 0 Å². The van der Waals surface area contributed by atoms with Gasteiger partial charge < -0.3 is 9.47 Å². The molecule has 0 aliphatic carbocycles. The van der Waals surface area contributed by atoms with E-state index in [1.807, 2.05) is 6.92 Å². The van der Waals surface area contributed by atoms with Gasteiger partial charge >= 0.3 is 0 Å². The first kappa shape index (κ1) is 14.9. The average molecular weight is 243 g/mol. The molecule has 0 aromatic carbocycles. The Labute approximate surface area is 106 Å². The number of unbranched alkanes of at least 4 members (excludes halogenated alkanes) is 1. The van der Waals surface area contributed by atoms with E-state index in [0.29, 0.717) is 6.10 Å². The number of rotatable bonds is 8. The van der Waals surface area contributed by atoms with Gasteiger partial charge in [-0.25, -0.2) is 0 Å². The van der Waals surface area contributed by atoms with Gasteiger partial charge in [-0.2, -0.15) is 0 Å². The number of hydrogen-bond acceptors (Lipinski definition) is 3. The van der Waals surface area contributed by atoms with Crippen LogP contribution in [0.15, 0.2) is 0 Å². The molecule has 102 valence electrons. The Kier molecular flexibility index (Phi) is 7.09. The van der Waals surface area contributed by atoms with Crippen LogP contribution in [0.2, 0.25) is 0 Å². The van der Waals surface area contributed by atoms with Crippen LogP contribution >= 0.6 is 0 Å². The Morgan fingerprint density at radius 3 is 2.29 bits per heavy atom. The van der Waals surface area contributed by atoms with Crippen LogP contribution in [-0.2, 0) is 9.47 Å². The lowest BCUT2D eigenvalue weighted by atomic mass is 10.2. The first-order valence-electron chi connectivity index (χ1n) is 7.18. The molecule has 3 nitrogen and oxygen atoms in total. The summed E-state index contributed by atoms with van der Waals surface area (Å²) in [5.74, 6) is 0. The van der Waals surface area contributed by atoms with Gasteiger partial charge in [-0.1, -0.05) is 19.8 Å². The maximum atomic E-state index is 5.89. The van der Waals surface area contributed by atoms with Crippen molar-refractivity contribution < 1.29 is 9.47 Å². The van der Waals surface area contributed by atoms with Crippen molar-refractivity contribution in [1.29, 1.82) is 0 Å². The lowest BCUT2D eigenvalue weighted by molar-refractivity contribution is -0.206. The van der Waals surface area contributed by atoms with E-state index in [4.69, 9.17) is 9.47 Å². The molecular weight excluding hydrogens is 214 g/mol. The van der Waals surface area contributed by atoms with Crippen molar-refractivity contribution in [2.24, 2.45) is 0 Å². The molecule has 0 amide bonds. The summed E-state index contributed by atoms with van der Waals surface area (Å²) in [5, 5.41) is 0. The summed E-state index contributed by atoms with van der Waals surface area (Å²) in [4.78, 5) is 2.39. The fourth-order valence-electron chi connectivity index (χ4n) is 2.39. The summed E-state index contributed by atoms with van der Waals surface area (Å²) < 4.78 is 11.7. The summed E-state index contributed by atoms with van der Waals surface area (Å²) in [7, 11) is 0. The Balaban J connectivity index is 2.16. The molecule has 1 rings (SSSR count). The molecule has 0 aromatic rings. The first-order chi connectivity index (χ1) is 8.13. The largest absolute Gasteiger partial charge is 0.350 e. The van der Waals surface area contributed by atoms with E-state index in [9.17, 15) is 0 Å². The standard InChI is InChI=1S/C14H29NO2/c1-5-6-9-12(2)16-14(4)17-13(3)15-10-7-8-11-15/h12-14H,5-11H2,1-4H3. The molecular formula is C14H29NO2. The Bertz CT molecular complexity index is 193. The summed E-state index contributed by atoms with van der Waals surface area (Å²) in [6, 6.07) is 0. The highest BCUT2D eigenvalue weighted by Crippen LogP contribution is 2.15. The van der Waals surface area contributed by atoms with Crippen LogP contribution < -0.4 is 0 Å². The number of likely N-dealkylation sites (tertiary alicyclic amines) is 1. The zero-order valence-corrected chi connectivity index (χ0v) is 11.9. The maximum absolute atomic E-state index is 5.89. The van der Waals surface area contributed by atoms with Gasteiger partial charge in [0.25, 0.3) is 0 Å². The Hall–Kier alpha value is -0.120. The van der Waals surface area contributed by atoms with E-state index in [1.165, 1.54) is 38.8 Å². The van der Waals surface area contributed by atoms with Gasteiger partial charge in [-0.3, -0.25) is 4.90 Å². The van der Waals surface area contributed by atoms with Crippen molar-refractivity contribution in [3.63, 3.8) is 0 Å². The highest BCUT2D eigenvalue weighted by Gasteiger charge is 2.21. The normalized spacial score (nSPS) is 22.6. The predicted octanol–water partition coefficient (Wildman–Crippen LogP) is 3.39. The minimum absolute atomic E-state index is 0.0996. The zero-order chi connectivity index (χ0) is 12.7. The van der Waals surface area contributed by atoms with Crippen LogP contribution in [-0.4, -0.2) is 36.6 Å². The lowest BCUT2D eigenvalue weighted by Gasteiger charge is -2.28. The van der Waals surface area contributed by atoms with E-state index in [0.717, 1.165) is 6.42 Å². The van der Waals surface area contributed by atoms with Gasteiger partial charge in [0.2, 0.25) is 0 Å². The zero-order valence-electron chi connectivity index (χ0n) is 11.9. The molecule has 1 saturated heterocycles. The third-order valence-corrected chi connectivity index (χ3v) is 3.43. The fraction of sp³-hybridized carbons (Fsp3) is 1.00. The van der Waals surface area contributed by atoms with Crippen LogP contribution in [0.5, 0.6) is 0 Å². The minimum atomic E-state index is -0.0996. The van der Waals surface area contributed by atoms with Gasteiger partial charge in [0.1, 0.15) is 6.23 Å². The summed E-state index contributed by atoms with van der Waals surface area (Å²) in [5.41, 5.74) is 0. The molecule has 3 atom stereocenters. The van der Waals surface area contributed by atoms with E-state index in [1.54, 1.807) is 0 Å². The van der Waals surface area contributed by atoms with Crippen molar-refractivity contribution in [2.45, 2.75) is 78.4 Å². The van der Waals surface area contributed by atoms with E-state index < -0.39 is 0 Å². The topological polar surface area (TPSA) is 21.7 Å². The molecule has 0 saturated carbocycles. The fourth-order valence-corrected chi connectivity index (χ4v) is 2.39. The first-order valence-corrected chi connectivity index (χ1v) is 7.18. The van der Waals surface area contributed by atoms with Gasteiger partial charge in [0, 0.05) is 13.1 Å². The molecule has 1 fully saturated rings. The molecule has 1 aliphatic heterocycles. The van der Waals surface area contributed by atoms with Crippen LogP contribution in [0.25, 0.3) is 0 Å². The molecule has 0 bridgehead atoms. The summed E-state index contributed by atoms with van der Waals surface area (Å²) >= 11 is 0. The maximum Gasteiger partial charge on any atom is 0.157 e. The van der Waals surface area contributed by atoms with Crippen molar-refractivity contribution in [1.82, 2.24) is 4.90 Å². The molecule has 0 spiro atoms. The SMILES string of the molecule is CCCCC(C)OC(C)OC(C)N1CCCC1. The number of hydrogen-bond donors (Lipinski definition) is 0. The molecule has 0 radical (unpaired) electrons. The van der Waals surface area contributed by atoms with Crippen molar-refractivity contribution in [2.75, 3.05) is 13.1 Å². The second kappa shape index (κ2) is 8.06. The smallest absolute Gasteiger partial charge is 0.157 e. The third kappa shape index (κ3) is 5.84. The van der Waals surface area contributed by atoms with Crippen LogP contribution in [0.3, 0.4) is 0 Å². The predicted molar refractivity (Wildman–Crippen MR) is 70.9 cm³/mol. The van der Waals surface area contributed by atoms with Gasteiger partial charge in [0.15, 0.2) is 6.29 Å². The molecule has 17 heavy (non-hydrogen) atoms. The number of ether oxygens (including phenoxy) is 2. The molecule has 0 N–H and O–H groups in total. The van der Waals surface area contributed by atoms with Crippen molar-refractivity contribution >= 4 is 0 Å².